The monoisotopic (exact) mass is 301 g/mol. The molecule has 1 amide bonds. The Hall–Kier alpha value is -0.680. The zero-order chi connectivity index (χ0) is 11.5. The van der Waals surface area contributed by atoms with Crippen LogP contribution < -0.4 is 0 Å². The van der Waals surface area contributed by atoms with Gasteiger partial charge in [0.25, 0.3) is 5.91 Å². The Morgan fingerprint density at radius 1 is 1.38 bits per heavy atom. The van der Waals surface area contributed by atoms with Crippen LogP contribution in [0.2, 0.25) is 0 Å². The van der Waals surface area contributed by atoms with E-state index in [0.717, 1.165) is 24.6 Å². The third kappa shape index (κ3) is 2.52. The highest BCUT2D eigenvalue weighted by molar-refractivity contribution is 9.10. The first-order valence-corrected chi connectivity index (χ1v) is 6.99. The first-order chi connectivity index (χ1) is 7.68. The lowest BCUT2D eigenvalue weighted by molar-refractivity contribution is 0.0772. The maximum atomic E-state index is 12.1. The minimum atomic E-state index is 0.00287. The minimum Gasteiger partial charge on any atom is -0.507 e. The molecule has 1 aliphatic heterocycles. The smallest absolute Gasteiger partial charge is 0.254 e. The molecule has 1 aliphatic rings. The average molecular weight is 302 g/mol. The van der Waals surface area contributed by atoms with Crippen molar-refractivity contribution in [2.75, 3.05) is 24.6 Å². The van der Waals surface area contributed by atoms with E-state index in [1.807, 2.05) is 16.7 Å². The summed E-state index contributed by atoms with van der Waals surface area (Å²) in [5.41, 5.74) is 0.549. The van der Waals surface area contributed by atoms with Crippen molar-refractivity contribution in [1.29, 1.82) is 0 Å². The minimum absolute atomic E-state index is 0.00287. The molecule has 86 valence electrons. The summed E-state index contributed by atoms with van der Waals surface area (Å²) in [6.07, 6.45) is 0. The van der Waals surface area contributed by atoms with Gasteiger partial charge in [-0.25, -0.2) is 0 Å². The standard InChI is InChI=1S/C11H12BrNO2S/c12-9-2-1-8(7-10(9)14)11(15)13-3-5-16-6-4-13/h1-2,7,14H,3-6H2. The van der Waals surface area contributed by atoms with Crippen LogP contribution >= 0.6 is 27.7 Å². The summed E-state index contributed by atoms with van der Waals surface area (Å²) in [5, 5.41) is 9.53. The summed E-state index contributed by atoms with van der Waals surface area (Å²) in [7, 11) is 0. The largest absolute Gasteiger partial charge is 0.507 e. The van der Waals surface area contributed by atoms with E-state index < -0.39 is 0 Å². The molecule has 0 unspecified atom stereocenters. The molecule has 0 atom stereocenters. The molecule has 1 heterocycles. The van der Waals surface area contributed by atoms with E-state index in [-0.39, 0.29) is 11.7 Å². The molecule has 3 nitrogen and oxygen atoms in total. The third-order valence-corrected chi connectivity index (χ3v) is 4.10. The van der Waals surface area contributed by atoms with Crippen molar-refractivity contribution in [3.63, 3.8) is 0 Å². The van der Waals surface area contributed by atoms with Gasteiger partial charge in [0.2, 0.25) is 0 Å². The number of thioether (sulfide) groups is 1. The summed E-state index contributed by atoms with van der Waals surface area (Å²) in [6.45, 7) is 1.58. The highest BCUT2D eigenvalue weighted by Crippen LogP contribution is 2.25. The fourth-order valence-electron chi connectivity index (χ4n) is 1.59. The Labute approximate surface area is 107 Å². The van der Waals surface area contributed by atoms with Crippen LogP contribution in [0.5, 0.6) is 5.75 Å². The Morgan fingerprint density at radius 3 is 2.69 bits per heavy atom. The molecule has 5 heteroatoms. The SMILES string of the molecule is O=C(c1ccc(Br)c(O)c1)N1CCSCC1. The van der Waals surface area contributed by atoms with Crippen LogP contribution in [0.1, 0.15) is 10.4 Å². The highest BCUT2D eigenvalue weighted by Gasteiger charge is 2.18. The molecule has 1 fully saturated rings. The van der Waals surface area contributed by atoms with E-state index in [9.17, 15) is 9.90 Å². The summed E-state index contributed by atoms with van der Waals surface area (Å²) >= 11 is 5.06. The van der Waals surface area contributed by atoms with Crippen LogP contribution in [-0.2, 0) is 0 Å². The fraction of sp³-hybridized carbons (Fsp3) is 0.364. The van der Waals surface area contributed by atoms with Gasteiger partial charge in [-0.15, -0.1) is 0 Å². The van der Waals surface area contributed by atoms with E-state index in [4.69, 9.17) is 0 Å². The van der Waals surface area contributed by atoms with E-state index in [0.29, 0.717) is 10.0 Å². The molecule has 0 radical (unpaired) electrons. The maximum Gasteiger partial charge on any atom is 0.254 e. The van der Waals surface area contributed by atoms with E-state index >= 15 is 0 Å². The van der Waals surface area contributed by atoms with Crippen molar-refractivity contribution < 1.29 is 9.90 Å². The number of benzene rings is 1. The molecule has 1 aromatic carbocycles. The molecule has 16 heavy (non-hydrogen) atoms. The highest BCUT2D eigenvalue weighted by atomic mass is 79.9. The molecule has 0 aromatic heterocycles. The van der Waals surface area contributed by atoms with Gasteiger partial charge < -0.3 is 10.0 Å². The summed E-state index contributed by atoms with van der Waals surface area (Å²) < 4.78 is 0.609. The first kappa shape index (κ1) is 11.8. The number of hydrogen-bond acceptors (Lipinski definition) is 3. The molecule has 1 aromatic rings. The maximum absolute atomic E-state index is 12.1. The number of halogens is 1. The molecule has 1 N–H and O–H groups in total. The molecule has 1 saturated heterocycles. The van der Waals surface area contributed by atoms with Crippen molar-refractivity contribution in [2.24, 2.45) is 0 Å². The van der Waals surface area contributed by atoms with Gasteiger partial charge in [-0.1, -0.05) is 0 Å². The number of amides is 1. The fourth-order valence-corrected chi connectivity index (χ4v) is 2.74. The molecule has 0 bridgehead atoms. The van der Waals surface area contributed by atoms with Crippen LogP contribution in [-0.4, -0.2) is 40.5 Å². The van der Waals surface area contributed by atoms with Crippen LogP contribution in [0.3, 0.4) is 0 Å². The molecular formula is C11H12BrNO2S. The van der Waals surface area contributed by atoms with Gasteiger partial charge in [0.1, 0.15) is 5.75 Å². The van der Waals surface area contributed by atoms with Crippen LogP contribution in [0.15, 0.2) is 22.7 Å². The lowest BCUT2D eigenvalue weighted by Gasteiger charge is -2.26. The molecule has 0 aliphatic carbocycles. The normalized spacial score (nSPS) is 16.2. The average Bonchev–Trinajstić information content (AvgIpc) is 2.33. The zero-order valence-corrected chi connectivity index (χ0v) is 11.1. The van der Waals surface area contributed by atoms with Crippen LogP contribution in [0, 0.1) is 0 Å². The number of aromatic hydroxyl groups is 1. The van der Waals surface area contributed by atoms with Crippen LogP contribution in [0.25, 0.3) is 0 Å². The lowest BCUT2D eigenvalue weighted by atomic mass is 10.2. The summed E-state index contributed by atoms with van der Waals surface area (Å²) in [5.74, 6) is 2.10. The molecular weight excluding hydrogens is 290 g/mol. The first-order valence-electron chi connectivity index (χ1n) is 5.04. The van der Waals surface area contributed by atoms with Crippen molar-refractivity contribution >= 4 is 33.6 Å². The number of carbonyl (C=O) groups excluding carboxylic acids is 1. The lowest BCUT2D eigenvalue weighted by Crippen LogP contribution is -2.37. The molecule has 2 rings (SSSR count). The number of phenolic OH excluding ortho intramolecular Hbond substituents is 1. The number of nitrogens with zero attached hydrogens (tertiary/aromatic N) is 1. The van der Waals surface area contributed by atoms with Crippen molar-refractivity contribution in [1.82, 2.24) is 4.90 Å². The summed E-state index contributed by atoms with van der Waals surface area (Å²) in [6, 6.07) is 4.93. The van der Waals surface area contributed by atoms with Gasteiger partial charge in [-0.2, -0.15) is 11.8 Å². The second-order valence-corrected chi connectivity index (χ2v) is 5.65. The molecule has 0 saturated carbocycles. The number of rotatable bonds is 1. The van der Waals surface area contributed by atoms with Gasteiger partial charge in [0.05, 0.1) is 4.47 Å². The summed E-state index contributed by atoms with van der Waals surface area (Å²) in [4.78, 5) is 13.9. The van der Waals surface area contributed by atoms with Crippen molar-refractivity contribution in [3.05, 3.63) is 28.2 Å². The van der Waals surface area contributed by atoms with Gasteiger partial charge in [-0.05, 0) is 34.1 Å². The Balaban J connectivity index is 2.16. The predicted molar refractivity (Wildman–Crippen MR) is 69.0 cm³/mol. The molecule has 0 spiro atoms. The second kappa shape index (κ2) is 5.10. The Morgan fingerprint density at radius 2 is 2.06 bits per heavy atom. The zero-order valence-electron chi connectivity index (χ0n) is 8.65. The van der Waals surface area contributed by atoms with E-state index in [1.54, 1.807) is 12.1 Å². The Bertz CT molecular complexity index is 405. The van der Waals surface area contributed by atoms with Crippen molar-refractivity contribution in [3.8, 4) is 5.75 Å². The number of phenols is 1. The second-order valence-electron chi connectivity index (χ2n) is 3.57. The third-order valence-electron chi connectivity index (χ3n) is 2.49. The van der Waals surface area contributed by atoms with E-state index in [2.05, 4.69) is 15.9 Å². The number of hydrogen-bond donors (Lipinski definition) is 1. The van der Waals surface area contributed by atoms with Gasteiger partial charge in [-0.3, -0.25) is 4.79 Å². The van der Waals surface area contributed by atoms with Gasteiger partial charge in [0.15, 0.2) is 0 Å². The van der Waals surface area contributed by atoms with Crippen molar-refractivity contribution in [2.45, 2.75) is 0 Å². The van der Waals surface area contributed by atoms with Gasteiger partial charge in [0, 0.05) is 30.2 Å². The Kier molecular flexibility index (Phi) is 3.76. The van der Waals surface area contributed by atoms with E-state index in [1.165, 1.54) is 6.07 Å². The quantitative estimate of drug-likeness (QED) is 0.865. The van der Waals surface area contributed by atoms with Crippen LogP contribution in [0.4, 0.5) is 0 Å². The topological polar surface area (TPSA) is 40.5 Å². The van der Waals surface area contributed by atoms with Gasteiger partial charge >= 0.3 is 0 Å². The number of carbonyl (C=O) groups is 1. The predicted octanol–water partition coefficient (Wildman–Crippen LogP) is 2.34.